The van der Waals surface area contributed by atoms with E-state index >= 15 is 0 Å². The number of nitrogens with two attached hydrogens (primary N) is 1. The summed E-state index contributed by atoms with van der Waals surface area (Å²) in [7, 11) is -3.62. The van der Waals surface area contributed by atoms with Crippen LogP contribution in [-0.4, -0.2) is 19.9 Å². The number of rotatable bonds is 5. The summed E-state index contributed by atoms with van der Waals surface area (Å²) in [4.78, 5) is 4.33. The Bertz CT molecular complexity index is 728. The molecule has 0 radical (unpaired) electrons. The highest BCUT2D eigenvalue weighted by Gasteiger charge is 2.20. The van der Waals surface area contributed by atoms with Gasteiger partial charge in [-0.05, 0) is 37.1 Å². The predicted octanol–water partition coefficient (Wildman–Crippen LogP) is 1.80. The van der Waals surface area contributed by atoms with E-state index in [9.17, 15) is 8.42 Å². The van der Waals surface area contributed by atoms with Crippen molar-refractivity contribution in [2.75, 3.05) is 12.3 Å². The first-order valence-corrected chi connectivity index (χ1v) is 8.15. The van der Waals surface area contributed by atoms with Gasteiger partial charge in [-0.25, -0.2) is 13.1 Å². The maximum atomic E-state index is 12.4. The molecule has 0 bridgehead atoms. The maximum Gasteiger partial charge on any atom is 0.242 e. The van der Waals surface area contributed by atoms with Crippen LogP contribution >= 0.6 is 0 Å². The number of benzene rings is 1. The molecule has 6 heteroatoms. The number of aromatic nitrogens is 1. The standard InChI is InChI=1S/C15H19N3O2S/c1-11-6-7-12(2)15(14(11)16)21(19,20)18-10-8-13-5-3-4-9-17-13/h3-7,9,18H,8,10,16H2,1-2H3. The molecule has 0 saturated carbocycles. The molecule has 21 heavy (non-hydrogen) atoms. The van der Waals surface area contributed by atoms with Crippen LogP contribution in [0.2, 0.25) is 0 Å². The Morgan fingerprint density at radius 2 is 1.86 bits per heavy atom. The van der Waals surface area contributed by atoms with E-state index in [4.69, 9.17) is 5.73 Å². The van der Waals surface area contributed by atoms with Crippen LogP contribution in [0.25, 0.3) is 0 Å². The second kappa shape index (κ2) is 6.24. The average Bonchev–Trinajstić information content (AvgIpc) is 2.44. The van der Waals surface area contributed by atoms with Gasteiger partial charge in [-0.15, -0.1) is 0 Å². The Labute approximate surface area is 125 Å². The molecular formula is C15H19N3O2S. The molecule has 1 aromatic heterocycles. The zero-order valence-corrected chi connectivity index (χ0v) is 12.9. The number of nitrogens with one attached hydrogen (secondary N) is 1. The summed E-state index contributed by atoms with van der Waals surface area (Å²) in [6.07, 6.45) is 2.22. The lowest BCUT2D eigenvalue weighted by atomic mass is 10.1. The Balaban J connectivity index is 2.14. The van der Waals surface area contributed by atoms with Crippen molar-refractivity contribution in [3.05, 3.63) is 53.3 Å². The summed E-state index contributed by atoms with van der Waals surface area (Å²) < 4.78 is 27.4. The Kier molecular flexibility index (Phi) is 4.59. The maximum absolute atomic E-state index is 12.4. The smallest absolute Gasteiger partial charge is 0.242 e. The van der Waals surface area contributed by atoms with Crippen LogP contribution in [0, 0.1) is 13.8 Å². The summed E-state index contributed by atoms with van der Waals surface area (Å²) in [5.74, 6) is 0. The zero-order valence-electron chi connectivity index (χ0n) is 12.1. The molecule has 5 nitrogen and oxygen atoms in total. The number of nitrogen functional groups attached to an aromatic ring is 1. The molecule has 0 atom stereocenters. The third kappa shape index (κ3) is 3.59. The minimum absolute atomic E-state index is 0.170. The number of nitrogens with zero attached hydrogens (tertiary/aromatic N) is 1. The molecule has 0 aliphatic rings. The van der Waals surface area contributed by atoms with Crippen molar-refractivity contribution in [3.8, 4) is 0 Å². The number of aryl methyl sites for hydroxylation is 2. The number of pyridine rings is 1. The van der Waals surface area contributed by atoms with E-state index in [1.54, 1.807) is 26.1 Å². The van der Waals surface area contributed by atoms with E-state index in [2.05, 4.69) is 9.71 Å². The molecule has 3 N–H and O–H groups in total. The molecule has 1 aromatic carbocycles. The summed E-state index contributed by atoms with van der Waals surface area (Å²) in [6, 6.07) is 9.14. The molecule has 0 fully saturated rings. The molecular weight excluding hydrogens is 286 g/mol. The van der Waals surface area contributed by atoms with Crippen LogP contribution in [-0.2, 0) is 16.4 Å². The highest BCUT2D eigenvalue weighted by Crippen LogP contribution is 2.25. The van der Waals surface area contributed by atoms with Gasteiger partial charge in [-0.2, -0.15) is 0 Å². The third-order valence-electron chi connectivity index (χ3n) is 3.28. The zero-order chi connectivity index (χ0) is 15.5. The quantitative estimate of drug-likeness (QED) is 0.825. The minimum Gasteiger partial charge on any atom is -0.397 e. The molecule has 2 rings (SSSR count). The Hall–Kier alpha value is -1.92. The second-order valence-electron chi connectivity index (χ2n) is 4.91. The highest BCUT2D eigenvalue weighted by atomic mass is 32.2. The first-order valence-electron chi connectivity index (χ1n) is 6.67. The van der Waals surface area contributed by atoms with Gasteiger partial charge in [0.25, 0.3) is 0 Å². The molecule has 0 saturated heterocycles. The summed E-state index contributed by atoms with van der Waals surface area (Å²) in [6.45, 7) is 3.82. The van der Waals surface area contributed by atoms with Gasteiger partial charge in [0.2, 0.25) is 10.0 Å². The van der Waals surface area contributed by atoms with Crippen LogP contribution < -0.4 is 10.5 Å². The average molecular weight is 305 g/mol. The van der Waals surface area contributed by atoms with E-state index in [1.165, 1.54) is 0 Å². The van der Waals surface area contributed by atoms with Crippen molar-refractivity contribution in [3.63, 3.8) is 0 Å². The molecule has 2 aromatic rings. The van der Waals surface area contributed by atoms with Gasteiger partial charge < -0.3 is 5.73 Å². The molecule has 0 unspecified atom stereocenters. The van der Waals surface area contributed by atoms with E-state index < -0.39 is 10.0 Å². The molecule has 112 valence electrons. The van der Waals surface area contributed by atoms with Gasteiger partial charge in [-0.1, -0.05) is 18.2 Å². The van der Waals surface area contributed by atoms with Crippen LogP contribution in [0.1, 0.15) is 16.8 Å². The van der Waals surface area contributed by atoms with Crippen molar-refractivity contribution < 1.29 is 8.42 Å². The number of hydrogen-bond donors (Lipinski definition) is 2. The van der Waals surface area contributed by atoms with Crippen LogP contribution in [0.3, 0.4) is 0 Å². The number of sulfonamides is 1. The molecule has 0 spiro atoms. The van der Waals surface area contributed by atoms with Crippen LogP contribution in [0.5, 0.6) is 0 Å². The van der Waals surface area contributed by atoms with Gasteiger partial charge in [-0.3, -0.25) is 4.98 Å². The van der Waals surface area contributed by atoms with Crippen molar-refractivity contribution in [1.29, 1.82) is 0 Å². The topological polar surface area (TPSA) is 85.1 Å². The Morgan fingerprint density at radius 1 is 1.14 bits per heavy atom. The fourth-order valence-corrected chi connectivity index (χ4v) is 3.55. The van der Waals surface area contributed by atoms with Gasteiger partial charge in [0.05, 0.1) is 5.69 Å². The molecule has 0 amide bonds. The third-order valence-corrected chi connectivity index (χ3v) is 4.94. The van der Waals surface area contributed by atoms with Crippen LogP contribution in [0.4, 0.5) is 5.69 Å². The molecule has 0 aliphatic carbocycles. The lowest BCUT2D eigenvalue weighted by Gasteiger charge is -2.13. The summed E-state index contributed by atoms with van der Waals surface area (Å²) >= 11 is 0. The van der Waals surface area contributed by atoms with Gasteiger partial charge >= 0.3 is 0 Å². The first-order chi connectivity index (χ1) is 9.92. The van der Waals surface area contributed by atoms with E-state index in [-0.39, 0.29) is 11.4 Å². The highest BCUT2D eigenvalue weighted by molar-refractivity contribution is 7.89. The van der Waals surface area contributed by atoms with Crippen molar-refractivity contribution in [2.45, 2.75) is 25.2 Å². The summed E-state index contributed by atoms with van der Waals surface area (Å²) in [5, 5.41) is 0. The monoisotopic (exact) mass is 305 g/mol. The summed E-state index contributed by atoms with van der Waals surface area (Å²) in [5.41, 5.74) is 8.47. The van der Waals surface area contributed by atoms with E-state index in [0.29, 0.717) is 17.7 Å². The van der Waals surface area contributed by atoms with Crippen molar-refractivity contribution in [2.24, 2.45) is 0 Å². The number of anilines is 1. The SMILES string of the molecule is Cc1ccc(C)c(S(=O)(=O)NCCc2ccccn2)c1N. The van der Waals surface area contributed by atoms with Gasteiger partial charge in [0.15, 0.2) is 0 Å². The first kappa shape index (κ1) is 15.5. The fraction of sp³-hybridized carbons (Fsp3) is 0.267. The van der Waals surface area contributed by atoms with E-state index in [0.717, 1.165) is 11.3 Å². The number of hydrogen-bond acceptors (Lipinski definition) is 4. The molecule has 0 aliphatic heterocycles. The van der Waals surface area contributed by atoms with Crippen LogP contribution in [0.15, 0.2) is 41.4 Å². The predicted molar refractivity (Wildman–Crippen MR) is 83.5 cm³/mol. The second-order valence-corrected chi connectivity index (χ2v) is 6.61. The normalized spacial score (nSPS) is 11.5. The fourth-order valence-electron chi connectivity index (χ4n) is 2.10. The molecule has 1 heterocycles. The largest absolute Gasteiger partial charge is 0.397 e. The van der Waals surface area contributed by atoms with Crippen molar-refractivity contribution >= 4 is 15.7 Å². The minimum atomic E-state index is -3.62. The van der Waals surface area contributed by atoms with Gasteiger partial charge in [0.1, 0.15) is 4.90 Å². The van der Waals surface area contributed by atoms with E-state index in [1.807, 2.05) is 24.3 Å². The Morgan fingerprint density at radius 3 is 2.52 bits per heavy atom. The lowest BCUT2D eigenvalue weighted by molar-refractivity contribution is 0.581. The lowest BCUT2D eigenvalue weighted by Crippen LogP contribution is -2.27. The van der Waals surface area contributed by atoms with Crippen molar-refractivity contribution in [1.82, 2.24) is 9.71 Å². The van der Waals surface area contributed by atoms with Gasteiger partial charge in [0, 0.05) is 24.9 Å².